The summed E-state index contributed by atoms with van der Waals surface area (Å²) in [5.41, 5.74) is -0.959. The Morgan fingerprint density at radius 3 is 1.24 bits per heavy atom. The lowest BCUT2D eigenvalue weighted by atomic mass is 10.1. The molecule has 1 aromatic heterocycles. The van der Waals surface area contributed by atoms with E-state index in [4.69, 9.17) is 14.6 Å². The molecule has 67 heavy (non-hydrogen) atoms. The summed E-state index contributed by atoms with van der Waals surface area (Å²) in [6.45, 7) is 0. The highest BCUT2D eigenvalue weighted by Crippen LogP contribution is 2.43. The van der Waals surface area contributed by atoms with Gasteiger partial charge >= 0.3 is 11.9 Å². The normalized spacial score (nSPS) is 11.9. The fraction of sp³-hybridized carbons (Fsp3) is 0.0465. The molecule has 6 aromatic carbocycles. The number of nitrogens with one attached hydrogen (secondary N) is 2. The number of carbonyl (C=O) groups is 4. The third-order valence-corrected chi connectivity index (χ3v) is 11.2. The van der Waals surface area contributed by atoms with Crippen molar-refractivity contribution in [1.29, 1.82) is 0 Å². The van der Waals surface area contributed by atoms with E-state index >= 15 is 0 Å². The predicted octanol–water partition coefficient (Wildman–Crippen LogP) is 7.44. The second kappa shape index (κ2) is 18.4. The Hall–Kier alpha value is -8.71. The molecule has 22 nitrogen and oxygen atoms in total. The smallest absolute Gasteiger partial charge is 0.307 e. The second-order valence-electron chi connectivity index (χ2n) is 14.3. The van der Waals surface area contributed by atoms with Crippen molar-refractivity contribution in [3.05, 3.63) is 142 Å². The molecule has 24 heteroatoms. The topological polar surface area (TPSA) is 362 Å². The van der Waals surface area contributed by atoms with Crippen LogP contribution in [0.15, 0.2) is 149 Å². The number of phenols is 2. The first-order valence-electron chi connectivity index (χ1n) is 18.9. The molecule has 0 fully saturated rings. The van der Waals surface area contributed by atoms with Gasteiger partial charge in [-0.05, 0) is 94.7 Å². The average Bonchev–Trinajstić information content (AvgIpc) is 3.25. The molecule has 0 saturated carbocycles. The van der Waals surface area contributed by atoms with E-state index in [0.717, 1.165) is 24.3 Å². The summed E-state index contributed by atoms with van der Waals surface area (Å²) in [7, 11) is -10.1. The summed E-state index contributed by atoms with van der Waals surface area (Å²) >= 11 is 0. The van der Waals surface area contributed by atoms with Crippen LogP contribution in [0, 0.1) is 0 Å². The molecule has 1 heterocycles. The number of carbonyl (C=O) groups excluding carboxylic acids is 2. The number of amides is 2. The molecule has 0 saturated heterocycles. The molecule has 0 aliphatic carbocycles. The van der Waals surface area contributed by atoms with Gasteiger partial charge in [-0.1, -0.05) is 24.3 Å². The van der Waals surface area contributed by atoms with Crippen LogP contribution in [0.4, 0.5) is 34.1 Å². The van der Waals surface area contributed by atoms with Gasteiger partial charge in [-0.25, -0.2) is 0 Å². The minimum atomic E-state index is -5.05. The molecule has 7 rings (SSSR count). The lowest BCUT2D eigenvalue weighted by Crippen LogP contribution is -2.19. The van der Waals surface area contributed by atoms with Gasteiger partial charge in [0.15, 0.2) is 28.4 Å². The maximum atomic E-state index is 13.3. The molecular weight excluding hydrogens is 921 g/mol. The van der Waals surface area contributed by atoms with E-state index in [1.807, 2.05) is 0 Å². The van der Waals surface area contributed by atoms with Gasteiger partial charge in [-0.15, -0.1) is 10.2 Å². The molecule has 0 radical (unpaired) electrons. The standard InChI is InChI=1S/C43H30N6O16S2/c50-29-19-32(42(57)44-27-9-11-30-23(15-27)17-34(66(59,60)61)38(40(30)55)48-46-25-5-1-21(2-6-25)13-36(51)52)65-33(20-29)43(58)45-28-10-12-31-24(16-28)18-35(67(62,63)64)39(41(31)56)49-47-26-7-3-22(4-8-26)14-37(53)54/h1-12,15-20,55-56H,13-14H2,(H,44,57)(H,45,58)(H,51,52)(H,53,54)(H,59,60,61)(H,62,63,64). The Labute approximate surface area is 375 Å². The number of hydrogen-bond acceptors (Lipinski definition) is 16. The number of phenolic OH excluding ortho intramolecular Hbond substituents is 2. The molecule has 0 atom stereocenters. The van der Waals surface area contributed by atoms with Crippen molar-refractivity contribution in [3.8, 4) is 11.5 Å². The molecule has 0 unspecified atom stereocenters. The van der Waals surface area contributed by atoms with Crippen molar-refractivity contribution in [1.82, 2.24) is 0 Å². The Morgan fingerprint density at radius 2 is 0.896 bits per heavy atom. The minimum absolute atomic E-state index is 0.00373. The van der Waals surface area contributed by atoms with Gasteiger partial charge < -0.3 is 35.5 Å². The molecule has 7 aromatic rings. The number of aliphatic carboxylic acids is 2. The van der Waals surface area contributed by atoms with E-state index in [1.54, 1.807) is 0 Å². The SMILES string of the molecule is O=C(O)Cc1ccc(N=Nc2c(S(=O)(=O)O)cc3cc(NC(=O)c4cc(=O)cc(C(=O)Nc5ccc6c(O)c(N=Nc7ccc(CC(=O)O)cc7)c(S(=O)(=O)O)cc6c5)o4)ccc3c2O)cc1. The van der Waals surface area contributed by atoms with Crippen molar-refractivity contribution < 1.29 is 70.0 Å². The lowest BCUT2D eigenvalue weighted by Gasteiger charge is -2.12. The highest BCUT2D eigenvalue weighted by molar-refractivity contribution is 7.86. The summed E-state index contributed by atoms with van der Waals surface area (Å²) in [5, 5.41) is 60.3. The number of fused-ring (bicyclic) bond motifs is 2. The first-order valence-corrected chi connectivity index (χ1v) is 21.8. The maximum Gasteiger partial charge on any atom is 0.307 e. The third kappa shape index (κ3) is 10.8. The van der Waals surface area contributed by atoms with Gasteiger partial charge in [0.05, 0.1) is 24.2 Å². The number of aromatic hydroxyl groups is 2. The number of anilines is 2. The van der Waals surface area contributed by atoms with Crippen molar-refractivity contribution in [2.24, 2.45) is 20.5 Å². The number of nitrogens with zero attached hydrogens (tertiary/aromatic N) is 4. The Balaban J connectivity index is 1.11. The summed E-state index contributed by atoms with van der Waals surface area (Å²) < 4.78 is 75.0. The fourth-order valence-electron chi connectivity index (χ4n) is 6.46. The lowest BCUT2D eigenvalue weighted by molar-refractivity contribution is -0.137. The Bertz CT molecular complexity index is 3330. The van der Waals surface area contributed by atoms with E-state index in [2.05, 4.69) is 31.1 Å². The van der Waals surface area contributed by atoms with E-state index in [9.17, 15) is 60.1 Å². The zero-order chi connectivity index (χ0) is 48.4. The highest BCUT2D eigenvalue weighted by Gasteiger charge is 2.25. The minimum Gasteiger partial charge on any atom is -0.505 e. The molecule has 0 bridgehead atoms. The first-order chi connectivity index (χ1) is 31.6. The van der Waals surface area contributed by atoms with Crippen LogP contribution in [0.5, 0.6) is 11.5 Å². The van der Waals surface area contributed by atoms with Crippen LogP contribution in [-0.2, 0) is 42.7 Å². The van der Waals surface area contributed by atoms with Crippen LogP contribution >= 0.6 is 0 Å². The Kier molecular flexibility index (Phi) is 12.7. The first kappa shape index (κ1) is 46.3. The monoisotopic (exact) mass is 950 g/mol. The van der Waals surface area contributed by atoms with Crippen LogP contribution in [0.25, 0.3) is 21.5 Å². The van der Waals surface area contributed by atoms with E-state index in [1.165, 1.54) is 84.9 Å². The second-order valence-corrected chi connectivity index (χ2v) is 17.0. The number of hydrogen-bond donors (Lipinski definition) is 8. The highest BCUT2D eigenvalue weighted by atomic mass is 32.2. The molecular formula is C43H30N6O16S2. The molecule has 8 N–H and O–H groups in total. The predicted molar refractivity (Wildman–Crippen MR) is 236 cm³/mol. The molecule has 0 spiro atoms. The largest absolute Gasteiger partial charge is 0.505 e. The zero-order valence-electron chi connectivity index (χ0n) is 33.7. The van der Waals surface area contributed by atoms with Gasteiger partial charge in [0.1, 0.15) is 21.2 Å². The summed E-state index contributed by atoms with van der Waals surface area (Å²) in [6.07, 6.45) is -0.519. The van der Waals surface area contributed by atoms with Crippen LogP contribution < -0.4 is 16.1 Å². The number of carboxylic acids is 2. The van der Waals surface area contributed by atoms with Crippen LogP contribution in [0.3, 0.4) is 0 Å². The Morgan fingerprint density at radius 1 is 0.522 bits per heavy atom. The number of azo groups is 2. The zero-order valence-corrected chi connectivity index (χ0v) is 35.3. The summed E-state index contributed by atoms with van der Waals surface area (Å²) in [4.78, 5) is 59.5. The average molecular weight is 951 g/mol. The van der Waals surface area contributed by atoms with E-state index in [0.29, 0.717) is 11.1 Å². The van der Waals surface area contributed by atoms with Crippen molar-refractivity contribution in [2.45, 2.75) is 22.6 Å². The number of carboxylic acid groups (broad SMARTS) is 2. The van der Waals surface area contributed by atoms with Gasteiger partial charge in [0.2, 0.25) is 0 Å². The number of benzene rings is 6. The summed E-state index contributed by atoms with van der Waals surface area (Å²) in [5.74, 6) is -7.01. The fourth-order valence-corrected chi connectivity index (χ4v) is 7.77. The molecule has 2 amide bonds. The van der Waals surface area contributed by atoms with Crippen molar-refractivity contribution >= 4 is 99.7 Å². The van der Waals surface area contributed by atoms with Crippen LogP contribution in [0.2, 0.25) is 0 Å². The molecule has 0 aliphatic rings. The number of rotatable bonds is 14. The molecule has 0 aliphatic heterocycles. The van der Waals surface area contributed by atoms with Gasteiger partial charge in [-0.3, -0.25) is 33.1 Å². The summed E-state index contributed by atoms with van der Waals surface area (Å²) in [6, 6.07) is 22.4. The van der Waals surface area contributed by atoms with E-state index in [-0.39, 0.29) is 57.1 Å². The quantitative estimate of drug-likeness (QED) is 0.0388. The molecule has 340 valence electrons. The van der Waals surface area contributed by atoms with Crippen molar-refractivity contribution in [3.63, 3.8) is 0 Å². The van der Waals surface area contributed by atoms with Crippen LogP contribution in [-0.4, -0.2) is 70.1 Å². The van der Waals surface area contributed by atoms with Gasteiger partial charge in [0, 0.05) is 34.3 Å². The van der Waals surface area contributed by atoms with Gasteiger partial charge in [0.25, 0.3) is 32.1 Å². The van der Waals surface area contributed by atoms with Crippen molar-refractivity contribution in [2.75, 3.05) is 10.6 Å². The maximum absolute atomic E-state index is 13.3. The van der Waals surface area contributed by atoms with Crippen LogP contribution in [0.1, 0.15) is 32.2 Å². The van der Waals surface area contributed by atoms with E-state index < -0.39 is 93.6 Å². The third-order valence-electron chi connectivity index (χ3n) is 9.50. The van der Waals surface area contributed by atoms with Gasteiger partial charge in [-0.2, -0.15) is 27.1 Å².